The number of carbonyl (C=O) groups is 1. The second-order valence-corrected chi connectivity index (χ2v) is 5.51. The van der Waals surface area contributed by atoms with Crippen molar-refractivity contribution in [2.45, 2.75) is 38.2 Å². The maximum atomic E-state index is 12.1. The van der Waals surface area contributed by atoms with E-state index in [0.29, 0.717) is 24.4 Å². The first-order valence-corrected chi connectivity index (χ1v) is 7.10. The van der Waals surface area contributed by atoms with E-state index in [2.05, 4.69) is 20.5 Å². The standard InChI is InChI=1S/C15H18N4O2/c1-10-16-13(19-18-10)11-4-6-12(7-5-11)17-14(20)15(21)8-2-3-9-15/h4-7,21H,2-3,8-9H2,1H3,(H,17,20)(H,16,18,19). The van der Waals surface area contributed by atoms with Gasteiger partial charge in [-0.15, -0.1) is 0 Å². The van der Waals surface area contributed by atoms with E-state index >= 15 is 0 Å². The van der Waals surface area contributed by atoms with Crippen molar-refractivity contribution >= 4 is 11.6 Å². The summed E-state index contributed by atoms with van der Waals surface area (Å²) >= 11 is 0. The molecule has 0 unspecified atom stereocenters. The largest absolute Gasteiger partial charge is 0.380 e. The summed E-state index contributed by atoms with van der Waals surface area (Å²) < 4.78 is 0. The molecule has 1 amide bonds. The lowest BCUT2D eigenvalue weighted by atomic mass is 10.0. The summed E-state index contributed by atoms with van der Waals surface area (Å²) in [4.78, 5) is 16.4. The number of carbonyl (C=O) groups excluding carboxylic acids is 1. The molecule has 1 saturated carbocycles. The predicted octanol–water partition coefficient (Wildman–Crippen LogP) is 2.02. The first-order chi connectivity index (χ1) is 10.1. The molecular formula is C15H18N4O2. The van der Waals surface area contributed by atoms with Gasteiger partial charge in [-0.1, -0.05) is 0 Å². The van der Waals surface area contributed by atoms with Gasteiger partial charge in [0.1, 0.15) is 11.4 Å². The minimum absolute atomic E-state index is 0.318. The molecule has 1 heterocycles. The number of H-pyrrole nitrogens is 1. The van der Waals surface area contributed by atoms with Crippen molar-refractivity contribution in [3.05, 3.63) is 30.1 Å². The number of benzene rings is 1. The molecule has 0 saturated heterocycles. The Labute approximate surface area is 122 Å². The van der Waals surface area contributed by atoms with Gasteiger partial charge in [0.2, 0.25) is 0 Å². The SMILES string of the molecule is Cc1nc(-c2ccc(NC(=O)C3(O)CCCC3)cc2)n[nH]1. The van der Waals surface area contributed by atoms with Crippen LogP contribution in [0.4, 0.5) is 5.69 Å². The van der Waals surface area contributed by atoms with Crippen molar-refractivity contribution in [1.29, 1.82) is 0 Å². The van der Waals surface area contributed by atoms with Crippen molar-refractivity contribution in [3.8, 4) is 11.4 Å². The Balaban J connectivity index is 1.71. The predicted molar refractivity (Wildman–Crippen MR) is 78.6 cm³/mol. The molecular weight excluding hydrogens is 268 g/mol. The smallest absolute Gasteiger partial charge is 0.256 e. The topological polar surface area (TPSA) is 90.9 Å². The molecule has 1 aromatic carbocycles. The average Bonchev–Trinajstić information content (AvgIpc) is 3.09. The molecule has 0 aliphatic heterocycles. The molecule has 6 heteroatoms. The second kappa shape index (κ2) is 5.29. The maximum Gasteiger partial charge on any atom is 0.256 e. The summed E-state index contributed by atoms with van der Waals surface area (Å²) in [5.74, 6) is 1.06. The molecule has 2 aromatic rings. The Hall–Kier alpha value is -2.21. The number of hydrogen-bond acceptors (Lipinski definition) is 4. The molecule has 0 bridgehead atoms. The number of aromatic nitrogens is 3. The number of aromatic amines is 1. The lowest BCUT2D eigenvalue weighted by molar-refractivity contribution is -0.133. The average molecular weight is 286 g/mol. The highest BCUT2D eigenvalue weighted by Crippen LogP contribution is 2.30. The maximum absolute atomic E-state index is 12.1. The van der Waals surface area contributed by atoms with Crippen LogP contribution in [0.25, 0.3) is 11.4 Å². The fourth-order valence-corrected chi connectivity index (χ4v) is 2.61. The third-order valence-electron chi connectivity index (χ3n) is 3.85. The van der Waals surface area contributed by atoms with Crippen LogP contribution in [0.5, 0.6) is 0 Å². The number of aryl methyl sites for hydroxylation is 1. The zero-order chi connectivity index (χ0) is 14.9. The first kappa shape index (κ1) is 13.8. The van der Waals surface area contributed by atoms with E-state index in [9.17, 15) is 9.90 Å². The minimum Gasteiger partial charge on any atom is -0.380 e. The Bertz CT molecular complexity index is 642. The van der Waals surface area contributed by atoms with Crippen LogP contribution >= 0.6 is 0 Å². The molecule has 3 N–H and O–H groups in total. The summed E-state index contributed by atoms with van der Waals surface area (Å²) in [6, 6.07) is 7.27. The fraction of sp³-hybridized carbons (Fsp3) is 0.400. The number of rotatable bonds is 3. The number of hydrogen-bond donors (Lipinski definition) is 3. The molecule has 6 nitrogen and oxygen atoms in total. The van der Waals surface area contributed by atoms with Gasteiger partial charge in [0, 0.05) is 11.3 Å². The zero-order valence-electron chi connectivity index (χ0n) is 11.9. The van der Waals surface area contributed by atoms with E-state index in [4.69, 9.17) is 0 Å². The molecule has 1 aliphatic rings. The number of aliphatic hydroxyl groups is 1. The summed E-state index contributed by atoms with van der Waals surface area (Å²) in [6.45, 7) is 1.84. The molecule has 110 valence electrons. The number of anilines is 1. The monoisotopic (exact) mass is 286 g/mol. The van der Waals surface area contributed by atoms with Crippen LogP contribution in [0, 0.1) is 6.92 Å². The molecule has 0 spiro atoms. The summed E-state index contributed by atoms with van der Waals surface area (Å²) in [6.07, 6.45) is 2.86. The van der Waals surface area contributed by atoms with Gasteiger partial charge in [0.25, 0.3) is 5.91 Å². The van der Waals surface area contributed by atoms with Gasteiger partial charge in [-0.2, -0.15) is 5.10 Å². The molecule has 0 radical (unpaired) electrons. The summed E-state index contributed by atoms with van der Waals surface area (Å²) in [7, 11) is 0. The highest BCUT2D eigenvalue weighted by Gasteiger charge is 2.38. The zero-order valence-corrected chi connectivity index (χ0v) is 11.9. The van der Waals surface area contributed by atoms with Crippen molar-refractivity contribution in [3.63, 3.8) is 0 Å². The Kier molecular flexibility index (Phi) is 3.47. The Morgan fingerprint density at radius 2 is 1.95 bits per heavy atom. The van der Waals surface area contributed by atoms with E-state index in [1.165, 1.54) is 0 Å². The van der Waals surface area contributed by atoms with Crippen LogP contribution in [-0.2, 0) is 4.79 Å². The summed E-state index contributed by atoms with van der Waals surface area (Å²) in [5, 5.41) is 19.9. The molecule has 1 aromatic heterocycles. The molecule has 1 fully saturated rings. The van der Waals surface area contributed by atoms with Crippen LogP contribution in [-0.4, -0.2) is 31.8 Å². The van der Waals surface area contributed by atoms with Crippen molar-refractivity contribution in [2.75, 3.05) is 5.32 Å². The second-order valence-electron chi connectivity index (χ2n) is 5.51. The van der Waals surface area contributed by atoms with Crippen molar-refractivity contribution in [2.24, 2.45) is 0 Å². The van der Waals surface area contributed by atoms with Gasteiger partial charge in [0.15, 0.2) is 5.82 Å². The van der Waals surface area contributed by atoms with Gasteiger partial charge in [-0.05, 0) is 56.9 Å². The van der Waals surface area contributed by atoms with Crippen molar-refractivity contribution in [1.82, 2.24) is 15.2 Å². The quantitative estimate of drug-likeness (QED) is 0.805. The number of amides is 1. The lowest BCUT2D eigenvalue weighted by Gasteiger charge is -2.20. The van der Waals surface area contributed by atoms with Crippen molar-refractivity contribution < 1.29 is 9.90 Å². The van der Waals surface area contributed by atoms with Gasteiger partial charge in [-0.25, -0.2) is 4.98 Å². The molecule has 0 atom stereocenters. The summed E-state index contributed by atoms with van der Waals surface area (Å²) in [5.41, 5.74) is 0.327. The Morgan fingerprint density at radius 1 is 1.29 bits per heavy atom. The van der Waals surface area contributed by atoms with Crippen LogP contribution in [0.15, 0.2) is 24.3 Å². The van der Waals surface area contributed by atoms with Crippen LogP contribution in [0.1, 0.15) is 31.5 Å². The Morgan fingerprint density at radius 3 is 2.52 bits per heavy atom. The third-order valence-corrected chi connectivity index (χ3v) is 3.85. The van der Waals surface area contributed by atoms with E-state index in [-0.39, 0.29) is 5.91 Å². The highest BCUT2D eigenvalue weighted by molar-refractivity contribution is 5.97. The fourth-order valence-electron chi connectivity index (χ4n) is 2.61. The van der Waals surface area contributed by atoms with Crippen LogP contribution < -0.4 is 5.32 Å². The number of nitrogens with zero attached hydrogens (tertiary/aromatic N) is 2. The van der Waals surface area contributed by atoms with E-state index < -0.39 is 5.60 Å². The van der Waals surface area contributed by atoms with Crippen LogP contribution in [0.3, 0.4) is 0 Å². The van der Waals surface area contributed by atoms with Gasteiger partial charge >= 0.3 is 0 Å². The minimum atomic E-state index is -1.21. The van der Waals surface area contributed by atoms with E-state index in [0.717, 1.165) is 24.2 Å². The molecule has 21 heavy (non-hydrogen) atoms. The molecule has 1 aliphatic carbocycles. The van der Waals surface area contributed by atoms with Gasteiger partial charge < -0.3 is 10.4 Å². The van der Waals surface area contributed by atoms with Crippen LogP contribution in [0.2, 0.25) is 0 Å². The molecule has 3 rings (SSSR count). The van der Waals surface area contributed by atoms with Gasteiger partial charge in [-0.3, -0.25) is 9.89 Å². The van der Waals surface area contributed by atoms with E-state index in [1.54, 1.807) is 12.1 Å². The number of nitrogens with one attached hydrogen (secondary N) is 2. The van der Waals surface area contributed by atoms with Gasteiger partial charge in [0.05, 0.1) is 0 Å². The normalized spacial score (nSPS) is 16.9. The lowest BCUT2D eigenvalue weighted by Crippen LogP contribution is -2.40. The van der Waals surface area contributed by atoms with E-state index in [1.807, 2.05) is 19.1 Å². The first-order valence-electron chi connectivity index (χ1n) is 7.10. The third kappa shape index (κ3) is 2.80. The highest BCUT2D eigenvalue weighted by atomic mass is 16.3.